The Balaban J connectivity index is 1.41. The third-order valence-corrected chi connectivity index (χ3v) is 6.02. The molecule has 6 nitrogen and oxygen atoms in total. The number of methoxy groups -OCH3 is 2. The van der Waals surface area contributed by atoms with Crippen LogP contribution >= 0.6 is 11.3 Å². The number of carbonyl (C=O) groups excluding carboxylic acids is 1. The Morgan fingerprint density at radius 2 is 1.88 bits per heavy atom. The van der Waals surface area contributed by atoms with Gasteiger partial charge in [0.15, 0.2) is 16.6 Å². The molecular formula is C26H24N2O4S. The summed E-state index contributed by atoms with van der Waals surface area (Å²) >= 11 is 1.40. The van der Waals surface area contributed by atoms with Crippen molar-refractivity contribution in [3.05, 3.63) is 83.4 Å². The molecule has 0 bridgehead atoms. The van der Waals surface area contributed by atoms with E-state index in [4.69, 9.17) is 14.2 Å². The normalized spacial score (nSPS) is 11.0. The van der Waals surface area contributed by atoms with E-state index in [1.165, 1.54) is 23.0 Å². The molecule has 0 atom stereocenters. The van der Waals surface area contributed by atoms with E-state index in [0.29, 0.717) is 23.2 Å². The lowest BCUT2D eigenvalue weighted by Crippen LogP contribution is -2.07. The van der Waals surface area contributed by atoms with Crippen molar-refractivity contribution in [1.29, 1.82) is 0 Å². The Bertz CT molecular complexity index is 1310. The number of hydrogen-bond donors (Lipinski definition) is 1. The highest BCUT2D eigenvalue weighted by Gasteiger charge is 2.09. The molecule has 33 heavy (non-hydrogen) atoms. The first kappa shape index (κ1) is 22.4. The number of thiazole rings is 1. The van der Waals surface area contributed by atoms with E-state index in [1.54, 1.807) is 20.3 Å². The van der Waals surface area contributed by atoms with Gasteiger partial charge < -0.3 is 14.2 Å². The smallest absolute Gasteiger partial charge is 0.250 e. The Labute approximate surface area is 196 Å². The lowest BCUT2D eigenvalue weighted by molar-refractivity contribution is -0.111. The second-order valence-corrected chi connectivity index (χ2v) is 8.33. The summed E-state index contributed by atoms with van der Waals surface area (Å²) in [7, 11) is 3.21. The highest BCUT2D eigenvalue weighted by atomic mass is 32.1. The summed E-state index contributed by atoms with van der Waals surface area (Å²) < 4.78 is 17.6. The summed E-state index contributed by atoms with van der Waals surface area (Å²) in [5, 5.41) is 3.34. The van der Waals surface area contributed by atoms with Gasteiger partial charge in [0, 0.05) is 6.08 Å². The molecule has 0 unspecified atom stereocenters. The fraction of sp³-hybridized carbons (Fsp3) is 0.154. The fourth-order valence-electron chi connectivity index (χ4n) is 3.24. The van der Waals surface area contributed by atoms with Crippen molar-refractivity contribution in [3.8, 4) is 17.2 Å². The van der Waals surface area contributed by atoms with Crippen LogP contribution in [0, 0.1) is 6.92 Å². The van der Waals surface area contributed by atoms with Crippen LogP contribution in [-0.4, -0.2) is 25.1 Å². The number of anilines is 1. The number of nitrogens with zero attached hydrogens (tertiary/aromatic N) is 1. The number of hydrogen-bond acceptors (Lipinski definition) is 6. The van der Waals surface area contributed by atoms with E-state index in [0.717, 1.165) is 27.1 Å². The molecule has 0 spiro atoms. The number of benzene rings is 3. The summed E-state index contributed by atoms with van der Waals surface area (Å²) in [6.45, 7) is 2.51. The molecular weight excluding hydrogens is 436 g/mol. The molecule has 7 heteroatoms. The van der Waals surface area contributed by atoms with Crippen molar-refractivity contribution < 1.29 is 19.0 Å². The van der Waals surface area contributed by atoms with Crippen LogP contribution in [0.1, 0.15) is 16.7 Å². The standard InChI is InChI=1S/C26H24N2O4S/c1-17-6-4-5-7-19(17)16-32-22-12-8-18(14-23(22)31-3)9-13-25(29)28-26-27-21-11-10-20(30-2)15-24(21)33-26/h4-15H,16H2,1-3H3,(H,27,28,29)/b13-9+. The average Bonchev–Trinajstić information content (AvgIpc) is 3.23. The van der Waals surface area contributed by atoms with Crippen molar-refractivity contribution in [2.24, 2.45) is 0 Å². The lowest BCUT2D eigenvalue weighted by atomic mass is 10.1. The van der Waals surface area contributed by atoms with Crippen LogP contribution in [0.25, 0.3) is 16.3 Å². The third kappa shape index (κ3) is 5.51. The number of carbonyl (C=O) groups is 1. The number of aryl methyl sites for hydroxylation is 1. The summed E-state index contributed by atoms with van der Waals surface area (Å²) in [4.78, 5) is 16.8. The number of amides is 1. The second-order valence-electron chi connectivity index (χ2n) is 7.30. The topological polar surface area (TPSA) is 69.7 Å². The Morgan fingerprint density at radius 1 is 1.03 bits per heavy atom. The number of ether oxygens (including phenoxy) is 3. The number of fused-ring (bicyclic) bond motifs is 1. The third-order valence-electron chi connectivity index (χ3n) is 5.09. The first-order chi connectivity index (χ1) is 16.1. The summed E-state index contributed by atoms with van der Waals surface area (Å²) in [5.74, 6) is 1.74. The van der Waals surface area contributed by atoms with Crippen molar-refractivity contribution in [1.82, 2.24) is 4.98 Å². The van der Waals surface area contributed by atoms with Gasteiger partial charge in [0.2, 0.25) is 5.91 Å². The van der Waals surface area contributed by atoms with Gasteiger partial charge in [-0.15, -0.1) is 0 Å². The van der Waals surface area contributed by atoms with E-state index in [9.17, 15) is 4.79 Å². The maximum absolute atomic E-state index is 12.4. The minimum Gasteiger partial charge on any atom is -0.497 e. The van der Waals surface area contributed by atoms with Crippen molar-refractivity contribution in [2.45, 2.75) is 13.5 Å². The maximum atomic E-state index is 12.4. The SMILES string of the molecule is COc1ccc2nc(NC(=O)/C=C/c3ccc(OCc4ccccc4C)c(OC)c3)sc2c1. The van der Waals surface area contributed by atoms with Crippen LogP contribution in [-0.2, 0) is 11.4 Å². The van der Waals surface area contributed by atoms with Gasteiger partial charge in [-0.3, -0.25) is 10.1 Å². The molecule has 168 valence electrons. The molecule has 1 heterocycles. The van der Waals surface area contributed by atoms with Crippen molar-refractivity contribution in [2.75, 3.05) is 19.5 Å². The van der Waals surface area contributed by atoms with Crippen LogP contribution in [0.4, 0.5) is 5.13 Å². The molecule has 3 aromatic carbocycles. The molecule has 0 saturated carbocycles. The second kappa shape index (κ2) is 10.2. The first-order valence-corrected chi connectivity index (χ1v) is 11.2. The maximum Gasteiger partial charge on any atom is 0.250 e. The molecule has 0 aliphatic heterocycles. The summed E-state index contributed by atoms with van der Waals surface area (Å²) in [6, 6.07) is 19.3. The molecule has 4 rings (SSSR count). The van der Waals surface area contributed by atoms with E-state index in [1.807, 2.05) is 54.6 Å². The van der Waals surface area contributed by atoms with Crippen LogP contribution in [0.3, 0.4) is 0 Å². The number of nitrogens with one attached hydrogen (secondary N) is 1. The molecule has 0 aliphatic rings. The molecule has 0 fully saturated rings. The monoisotopic (exact) mass is 460 g/mol. The van der Waals surface area contributed by atoms with E-state index in [-0.39, 0.29) is 5.91 Å². The van der Waals surface area contributed by atoms with E-state index in [2.05, 4.69) is 23.3 Å². The van der Waals surface area contributed by atoms with Gasteiger partial charge in [0.1, 0.15) is 12.4 Å². The first-order valence-electron chi connectivity index (χ1n) is 10.3. The minimum absolute atomic E-state index is 0.264. The summed E-state index contributed by atoms with van der Waals surface area (Å²) in [5.41, 5.74) is 3.92. The van der Waals surface area contributed by atoms with Crippen molar-refractivity contribution >= 4 is 38.7 Å². The molecule has 0 aliphatic carbocycles. The van der Waals surface area contributed by atoms with Crippen LogP contribution in [0.5, 0.6) is 17.2 Å². The van der Waals surface area contributed by atoms with Gasteiger partial charge in [-0.25, -0.2) is 4.98 Å². The molecule has 0 saturated heterocycles. The molecule has 1 amide bonds. The number of aromatic nitrogens is 1. The quantitative estimate of drug-likeness (QED) is 0.334. The highest BCUT2D eigenvalue weighted by molar-refractivity contribution is 7.22. The molecule has 0 radical (unpaired) electrons. The molecule has 1 N–H and O–H groups in total. The predicted molar refractivity (Wildman–Crippen MR) is 132 cm³/mol. The van der Waals surface area contributed by atoms with Crippen LogP contribution < -0.4 is 19.5 Å². The fourth-order valence-corrected chi connectivity index (χ4v) is 4.14. The zero-order chi connectivity index (χ0) is 23.2. The zero-order valence-corrected chi connectivity index (χ0v) is 19.4. The van der Waals surface area contributed by atoms with Crippen LogP contribution in [0.15, 0.2) is 66.7 Å². The van der Waals surface area contributed by atoms with Gasteiger partial charge in [-0.05, 0) is 60.0 Å². The van der Waals surface area contributed by atoms with Crippen molar-refractivity contribution in [3.63, 3.8) is 0 Å². The van der Waals surface area contributed by atoms with Crippen LogP contribution in [0.2, 0.25) is 0 Å². The predicted octanol–water partition coefficient (Wildman–Crippen LogP) is 5.85. The van der Waals surface area contributed by atoms with Gasteiger partial charge >= 0.3 is 0 Å². The Morgan fingerprint density at radius 3 is 2.67 bits per heavy atom. The van der Waals surface area contributed by atoms with Gasteiger partial charge in [0.05, 0.1) is 24.4 Å². The Kier molecular flexibility index (Phi) is 6.90. The Hall–Kier alpha value is -3.84. The van der Waals surface area contributed by atoms with Gasteiger partial charge in [-0.1, -0.05) is 41.7 Å². The minimum atomic E-state index is -0.264. The van der Waals surface area contributed by atoms with E-state index < -0.39 is 0 Å². The molecule has 1 aromatic heterocycles. The van der Waals surface area contributed by atoms with E-state index >= 15 is 0 Å². The van der Waals surface area contributed by atoms with Gasteiger partial charge in [-0.2, -0.15) is 0 Å². The molecule has 4 aromatic rings. The lowest BCUT2D eigenvalue weighted by Gasteiger charge is -2.12. The largest absolute Gasteiger partial charge is 0.497 e. The van der Waals surface area contributed by atoms with Gasteiger partial charge in [0.25, 0.3) is 0 Å². The summed E-state index contributed by atoms with van der Waals surface area (Å²) in [6.07, 6.45) is 3.19. The highest BCUT2D eigenvalue weighted by Crippen LogP contribution is 2.30. The number of rotatable bonds is 8. The zero-order valence-electron chi connectivity index (χ0n) is 18.6. The average molecular weight is 461 g/mol.